The molecule has 172 valence electrons. The Labute approximate surface area is 202 Å². The molecule has 2 aromatic heterocycles. The standard InChI is InChI=1S/C26H24ClN5O2/c1-31-12-16-6-4-5-15-9-18(10-17(13-31)23(15)16)29-26-28-11-21(27)24(30-26)32-14-20(25(33)34)19-7-2-3-8-22(19)32/h2-3,7-11,14,16H,4-6,12-13H2,1H3,(H,33,34)(H,28,29,30). The maximum Gasteiger partial charge on any atom is 0.337 e. The second-order valence-corrected chi connectivity index (χ2v) is 9.63. The Balaban J connectivity index is 1.40. The van der Waals surface area contributed by atoms with Gasteiger partial charge in [0.25, 0.3) is 0 Å². The molecule has 1 aliphatic carbocycles. The van der Waals surface area contributed by atoms with Crippen molar-refractivity contribution < 1.29 is 9.90 Å². The zero-order valence-corrected chi connectivity index (χ0v) is 19.5. The van der Waals surface area contributed by atoms with Gasteiger partial charge in [0.15, 0.2) is 5.82 Å². The Morgan fingerprint density at radius 3 is 2.91 bits per heavy atom. The number of likely N-dealkylation sites (N-methyl/N-ethyl adjacent to an activating group) is 1. The number of carbonyl (C=O) groups is 1. The van der Waals surface area contributed by atoms with Gasteiger partial charge in [-0.25, -0.2) is 9.78 Å². The van der Waals surface area contributed by atoms with Crippen LogP contribution in [0.15, 0.2) is 48.8 Å². The normalized spacial score (nSPS) is 17.5. The Morgan fingerprint density at radius 1 is 1.24 bits per heavy atom. The van der Waals surface area contributed by atoms with Crippen molar-refractivity contribution in [2.45, 2.75) is 31.7 Å². The van der Waals surface area contributed by atoms with Gasteiger partial charge in [0.05, 0.1) is 17.3 Å². The van der Waals surface area contributed by atoms with Crippen LogP contribution in [0, 0.1) is 0 Å². The highest BCUT2D eigenvalue weighted by atomic mass is 35.5. The molecule has 0 fully saturated rings. The Bertz CT molecular complexity index is 1450. The highest BCUT2D eigenvalue weighted by Gasteiger charge is 2.29. The number of carboxylic acid groups (broad SMARTS) is 1. The van der Waals surface area contributed by atoms with Crippen molar-refractivity contribution in [3.63, 3.8) is 0 Å². The molecular weight excluding hydrogens is 450 g/mol. The van der Waals surface area contributed by atoms with E-state index in [-0.39, 0.29) is 5.56 Å². The van der Waals surface area contributed by atoms with Gasteiger partial charge in [-0.2, -0.15) is 4.98 Å². The number of halogens is 1. The van der Waals surface area contributed by atoms with E-state index >= 15 is 0 Å². The summed E-state index contributed by atoms with van der Waals surface area (Å²) in [4.78, 5) is 23.3. The van der Waals surface area contributed by atoms with E-state index in [4.69, 9.17) is 11.6 Å². The quantitative estimate of drug-likeness (QED) is 0.414. The van der Waals surface area contributed by atoms with Gasteiger partial charge in [0.2, 0.25) is 5.95 Å². The number of anilines is 2. The van der Waals surface area contributed by atoms with E-state index in [1.54, 1.807) is 23.0 Å². The highest BCUT2D eigenvalue weighted by molar-refractivity contribution is 6.32. The van der Waals surface area contributed by atoms with E-state index in [2.05, 4.69) is 39.4 Å². The number of rotatable bonds is 4. The number of benzene rings is 2. The van der Waals surface area contributed by atoms with Gasteiger partial charge in [-0.1, -0.05) is 29.8 Å². The number of aromatic nitrogens is 3. The minimum absolute atomic E-state index is 0.201. The molecule has 3 heterocycles. The first kappa shape index (κ1) is 21.1. The van der Waals surface area contributed by atoms with Crippen LogP contribution >= 0.6 is 11.6 Å². The summed E-state index contributed by atoms with van der Waals surface area (Å²) in [6, 6.07) is 11.8. The molecule has 0 bridgehead atoms. The maximum absolute atomic E-state index is 11.8. The minimum Gasteiger partial charge on any atom is -0.478 e. The first-order valence-electron chi connectivity index (χ1n) is 11.5. The molecule has 2 aliphatic rings. The van der Waals surface area contributed by atoms with Gasteiger partial charge >= 0.3 is 5.97 Å². The van der Waals surface area contributed by atoms with Crippen molar-refractivity contribution >= 4 is 40.1 Å². The van der Waals surface area contributed by atoms with Crippen LogP contribution in [-0.2, 0) is 13.0 Å². The zero-order valence-electron chi connectivity index (χ0n) is 18.8. The lowest BCUT2D eigenvalue weighted by molar-refractivity contribution is 0.0699. The molecule has 34 heavy (non-hydrogen) atoms. The highest BCUT2D eigenvalue weighted by Crippen LogP contribution is 2.40. The van der Waals surface area contributed by atoms with Crippen LogP contribution in [0.1, 0.15) is 45.8 Å². The molecule has 8 heteroatoms. The monoisotopic (exact) mass is 473 g/mol. The molecule has 0 radical (unpaired) electrons. The molecule has 4 aromatic rings. The van der Waals surface area contributed by atoms with Gasteiger partial charge in [-0.3, -0.25) is 4.57 Å². The summed E-state index contributed by atoms with van der Waals surface area (Å²) in [7, 11) is 2.18. The number of para-hydroxylation sites is 1. The second-order valence-electron chi connectivity index (χ2n) is 9.22. The van der Waals surface area contributed by atoms with Crippen molar-refractivity contribution in [3.05, 3.63) is 76.1 Å². The summed E-state index contributed by atoms with van der Waals surface area (Å²) >= 11 is 6.48. The molecular formula is C26H24ClN5O2. The van der Waals surface area contributed by atoms with Crippen LogP contribution < -0.4 is 5.32 Å². The number of nitrogens with one attached hydrogen (secondary N) is 1. The SMILES string of the molecule is CN1Cc2cc(Nc3ncc(Cl)c(-n4cc(C(=O)O)c5ccccc54)n3)cc3c2C(CCC3)C1. The number of hydrogen-bond acceptors (Lipinski definition) is 5. The van der Waals surface area contributed by atoms with E-state index < -0.39 is 5.97 Å². The van der Waals surface area contributed by atoms with Crippen molar-refractivity contribution in [3.8, 4) is 5.82 Å². The van der Waals surface area contributed by atoms with Crippen LogP contribution in [0.25, 0.3) is 16.7 Å². The summed E-state index contributed by atoms with van der Waals surface area (Å²) in [6.07, 6.45) is 6.67. The maximum atomic E-state index is 11.8. The van der Waals surface area contributed by atoms with E-state index in [1.807, 2.05) is 18.2 Å². The smallest absolute Gasteiger partial charge is 0.337 e. The van der Waals surface area contributed by atoms with E-state index in [0.29, 0.717) is 28.1 Å². The lowest BCUT2D eigenvalue weighted by atomic mass is 9.77. The summed E-state index contributed by atoms with van der Waals surface area (Å²) in [5.41, 5.74) is 6.20. The molecule has 0 spiro atoms. The first-order valence-corrected chi connectivity index (χ1v) is 11.8. The number of hydrogen-bond donors (Lipinski definition) is 2. The number of fused-ring (bicyclic) bond motifs is 1. The molecule has 0 saturated carbocycles. The molecule has 1 aliphatic heterocycles. The fourth-order valence-corrected chi connectivity index (χ4v) is 5.73. The third kappa shape index (κ3) is 3.52. The summed E-state index contributed by atoms with van der Waals surface area (Å²) in [5.74, 6) is 0.472. The van der Waals surface area contributed by atoms with Crippen molar-refractivity contribution in [1.29, 1.82) is 0 Å². The van der Waals surface area contributed by atoms with E-state index in [9.17, 15) is 9.90 Å². The van der Waals surface area contributed by atoms with Crippen LogP contribution in [-0.4, -0.2) is 44.1 Å². The van der Waals surface area contributed by atoms with Crippen molar-refractivity contribution in [2.24, 2.45) is 0 Å². The summed E-state index contributed by atoms with van der Waals surface area (Å²) < 4.78 is 1.71. The predicted octanol–water partition coefficient (Wildman–Crippen LogP) is 5.38. The Kier molecular flexibility index (Phi) is 5.04. The summed E-state index contributed by atoms with van der Waals surface area (Å²) in [5, 5.41) is 14.0. The number of nitrogens with zero attached hydrogens (tertiary/aromatic N) is 4. The Hall–Kier alpha value is -3.42. The molecule has 6 rings (SSSR count). The lowest BCUT2D eigenvalue weighted by Crippen LogP contribution is -2.33. The average Bonchev–Trinajstić information content (AvgIpc) is 3.20. The number of aromatic carboxylic acids is 1. The van der Waals surface area contributed by atoms with Gasteiger partial charge in [0, 0.05) is 30.4 Å². The predicted molar refractivity (Wildman–Crippen MR) is 133 cm³/mol. The molecule has 7 nitrogen and oxygen atoms in total. The molecule has 2 N–H and O–H groups in total. The molecule has 1 unspecified atom stereocenters. The minimum atomic E-state index is -0.996. The molecule has 0 amide bonds. The van der Waals surface area contributed by atoms with Crippen molar-refractivity contribution in [1.82, 2.24) is 19.4 Å². The topological polar surface area (TPSA) is 83.3 Å². The fraction of sp³-hybridized carbons (Fsp3) is 0.269. The largest absolute Gasteiger partial charge is 0.478 e. The van der Waals surface area contributed by atoms with Crippen LogP contribution in [0.4, 0.5) is 11.6 Å². The van der Waals surface area contributed by atoms with Crippen LogP contribution in [0.5, 0.6) is 0 Å². The second kappa shape index (κ2) is 8.11. The molecule has 0 saturated heterocycles. The third-order valence-corrected chi connectivity index (χ3v) is 7.15. The fourth-order valence-electron chi connectivity index (χ4n) is 5.55. The molecule has 1 atom stereocenters. The Morgan fingerprint density at radius 2 is 2.06 bits per heavy atom. The zero-order chi connectivity index (χ0) is 23.4. The first-order chi connectivity index (χ1) is 16.5. The van der Waals surface area contributed by atoms with E-state index in [0.717, 1.165) is 30.7 Å². The molecule has 2 aromatic carbocycles. The van der Waals surface area contributed by atoms with E-state index in [1.165, 1.54) is 29.5 Å². The lowest BCUT2D eigenvalue weighted by Gasteiger charge is -2.37. The number of carboxylic acids is 1. The summed E-state index contributed by atoms with van der Waals surface area (Å²) in [6.45, 7) is 2.06. The van der Waals surface area contributed by atoms with Gasteiger partial charge in [0.1, 0.15) is 5.02 Å². The number of aryl methyl sites for hydroxylation is 1. The van der Waals surface area contributed by atoms with Gasteiger partial charge in [-0.05, 0) is 67.1 Å². The van der Waals surface area contributed by atoms with Gasteiger partial charge in [-0.15, -0.1) is 0 Å². The third-order valence-electron chi connectivity index (χ3n) is 6.88. The van der Waals surface area contributed by atoms with Crippen molar-refractivity contribution in [2.75, 3.05) is 18.9 Å². The van der Waals surface area contributed by atoms with Crippen LogP contribution in [0.3, 0.4) is 0 Å². The average molecular weight is 474 g/mol. The van der Waals surface area contributed by atoms with Crippen LogP contribution in [0.2, 0.25) is 5.02 Å². The van der Waals surface area contributed by atoms with Gasteiger partial charge < -0.3 is 15.3 Å².